The second-order valence-corrected chi connectivity index (χ2v) is 9.04. The highest BCUT2D eigenvalue weighted by molar-refractivity contribution is 5.94. The van der Waals surface area contributed by atoms with Crippen molar-refractivity contribution in [2.24, 2.45) is 5.73 Å². The Hall–Kier alpha value is -3.30. The Balaban J connectivity index is 3.37. The molecule has 0 radical (unpaired) electrons. The van der Waals surface area contributed by atoms with Gasteiger partial charge in [-0.25, -0.2) is 4.79 Å². The molecule has 1 aromatic rings. The number of hydrogen-bond acceptors (Lipinski definition) is 6. The highest BCUT2D eigenvalue weighted by Gasteiger charge is 2.36. The lowest BCUT2D eigenvalue weighted by atomic mass is 10.0. The Morgan fingerprint density at radius 3 is 2.35 bits per heavy atom. The molecule has 0 heterocycles. The van der Waals surface area contributed by atoms with Crippen molar-refractivity contribution in [2.75, 3.05) is 13.1 Å². The van der Waals surface area contributed by atoms with E-state index in [1.54, 1.807) is 32.9 Å². The molecule has 0 bridgehead atoms. The van der Waals surface area contributed by atoms with Crippen molar-refractivity contribution in [2.45, 2.75) is 78.0 Å². The average Bonchev–Trinajstić information content (AvgIpc) is 2.71. The highest BCUT2D eigenvalue weighted by atomic mass is 16.6. The number of benzene rings is 1. The van der Waals surface area contributed by atoms with E-state index in [4.69, 9.17) is 10.5 Å². The second kappa shape index (κ2) is 13.4. The Morgan fingerprint density at radius 1 is 1.15 bits per heavy atom. The molecule has 34 heavy (non-hydrogen) atoms. The van der Waals surface area contributed by atoms with Gasteiger partial charge in [0.05, 0.1) is 6.42 Å². The number of carbonyl (C=O) groups excluding carboxylic acids is 4. The van der Waals surface area contributed by atoms with Crippen LogP contribution >= 0.6 is 0 Å². The summed E-state index contributed by atoms with van der Waals surface area (Å²) in [6.07, 6.45) is 0.770. The van der Waals surface area contributed by atoms with Gasteiger partial charge in [0.25, 0.3) is 0 Å². The maximum absolute atomic E-state index is 13.6. The van der Waals surface area contributed by atoms with E-state index >= 15 is 0 Å². The summed E-state index contributed by atoms with van der Waals surface area (Å²) in [5, 5.41) is 15.2. The number of nitrogens with zero attached hydrogens (tertiary/aromatic N) is 1. The van der Waals surface area contributed by atoms with Crippen LogP contribution in [0.2, 0.25) is 0 Å². The Labute approximate surface area is 201 Å². The molecule has 2 unspecified atom stereocenters. The second-order valence-electron chi connectivity index (χ2n) is 9.04. The van der Waals surface area contributed by atoms with Crippen molar-refractivity contribution in [3.63, 3.8) is 0 Å². The minimum atomic E-state index is -1.33. The molecule has 0 fully saturated rings. The largest absolute Gasteiger partial charge is 0.508 e. The lowest BCUT2D eigenvalue weighted by Gasteiger charge is -2.34. The summed E-state index contributed by atoms with van der Waals surface area (Å²) in [4.78, 5) is 52.2. The number of primary amides is 1. The molecule has 0 aliphatic carbocycles. The number of hydrogen-bond donors (Lipinski definition) is 4. The summed E-state index contributed by atoms with van der Waals surface area (Å²) in [6.45, 7) is 9.39. The first-order valence-corrected chi connectivity index (χ1v) is 11.5. The number of amides is 4. The highest BCUT2D eigenvalue weighted by Crippen LogP contribution is 2.26. The van der Waals surface area contributed by atoms with Gasteiger partial charge in [0, 0.05) is 13.1 Å². The first-order valence-electron chi connectivity index (χ1n) is 11.5. The normalized spacial score (nSPS) is 12.9. The number of nitrogens with one attached hydrogen (secondary N) is 2. The Kier molecular flexibility index (Phi) is 11.3. The number of unbranched alkanes of at least 4 members (excludes halogenated alkanes) is 1. The fraction of sp³-hybridized carbons (Fsp3) is 0.583. The third-order valence-electron chi connectivity index (χ3n) is 4.72. The number of phenols is 1. The lowest BCUT2D eigenvalue weighted by molar-refractivity contribution is -0.143. The SMILES string of the molecule is CCCCNC(=O)C(c1cccc(O)c1)N(CCC)C(=O)C(CC(N)=O)NC(=O)OC(C)(C)C. The standard InChI is InChI=1S/C24H38N4O6/c1-6-8-12-26-21(31)20(16-10-9-11-17(29)14-16)28(13-7-2)22(32)18(15-19(25)30)27-23(33)34-24(3,4)5/h9-11,14,18,20,29H,6-8,12-13,15H2,1-5H3,(H2,25,30)(H,26,31)(H,27,33). The first-order chi connectivity index (χ1) is 15.9. The topological polar surface area (TPSA) is 151 Å². The van der Waals surface area contributed by atoms with Crippen molar-refractivity contribution in [1.29, 1.82) is 0 Å². The van der Waals surface area contributed by atoms with E-state index in [-0.39, 0.29) is 12.3 Å². The van der Waals surface area contributed by atoms with Gasteiger partial charge in [-0.1, -0.05) is 32.4 Å². The van der Waals surface area contributed by atoms with Crippen LogP contribution in [0.1, 0.15) is 71.9 Å². The third-order valence-corrected chi connectivity index (χ3v) is 4.72. The first kappa shape index (κ1) is 28.7. The maximum atomic E-state index is 13.6. The number of carbonyl (C=O) groups is 4. The molecule has 0 spiro atoms. The van der Waals surface area contributed by atoms with Gasteiger partial charge >= 0.3 is 6.09 Å². The van der Waals surface area contributed by atoms with Crippen LogP contribution in [0, 0.1) is 0 Å². The Bertz CT molecular complexity index is 852. The molecule has 0 saturated carbocycles. The molecule has 10 nitrogen and oxygen atoms in total. The predicted octanol–water partition coefficient (Wildman–Crippen LogP) is 2.36. The quantitative estimate of drug-likeness (QED) is 0.339. The number of aromatic hydroxyl groups is 1. The van der Waals surface area contributed by atoms with Crippen LogP contribution in [0.3, 0.4) is 0 Å². The molecule has 5 N–H and O–H groups in total. The molecular formula is C24H38N4O6. The van der Waals surface area contributed by atoms with Gasteiger partial charge in [0.2, 0.25) is 17.7 Å². The third kappa shape index (κ3) is 9.68. The number of rotatable bonds is 12. The predicted molar refractivity (Wildman–Crippen MR) is 128 cm³/mol. The molecule has 4 amide bonds. The van der Waals surface area contributed by atoms with Crippen LogP contribution in [0.5, 0.6) is 5.75 Å². The van der Waals surface area contributed by atoms with Crippen LogP contribution in [-0.2, 0) is 19.1 Å². The molecule has 2 atom stereocenters. The fourth-order valence-corrected chi connectivity index (χ4v) is 3.31. The summed E-state index contributed by atoms with van der Waals surface area (Å²) < 4.78 is 5.23. The van der Waals surface area contributed by atoms with Crippen molar-refractivity contribution >= 4 is 23.8 Å². The van der Waals surface area contributed by atoms with E-state index in [9.17, 15) is 24.3 Å². The summed E-state index contributed by atoms with van der Waals surface area (Å²) in [7, 11) is 0. The number of phenolic OH excluding ortho intramolecular Hbond substituents is 1. The van der Waals surface area contributed by atoms with Crippen LogP contribution < -0.4 is 16.4 Å². The summed E-state index contributed by atoms with van der Waals surface area (Å²) >= 11 is 0. The molecule has 1 aromatic carbocycles. The fourth-order valence-electron chi connectivity index (χ4n) is 3.31. The van der Waals surface area contributed by atoms with Gasteiger partial charge in [-0.15, -0.1) is 0 Å². The van der Waals surface area contributed by atoms with Crippen molar-refractivity contribution in [3.8, 4) is 5.75 Å². The average molecular weight is 479 g/mol. The van der Waals surface area contributed by atoms with Crippen LogP contribution in [0.25, 0.3) is 0 Å². The summed E-state index contributed by atoms with van der Waals surface area (Å²) in [5.41, 5.74) is 4.91. The maximum Gasteiger partial charge on any atom is 0.408 e. The zero-order valence-corrected chi connectivity index (χ0v) is 20.7. The van der Waals surface area contributed by atoms with E-state index in [0.29, 0.717) is 18.5 Å². The summed E-state index contributed by atoms with van der Waals surface area (Å²) in [6, 6.07) is 3.65. The van der Waals surface area contributed by atoms with E-state index in [1.165, 1.54) is 17.0 Å². The van der Waals surface area contributed by atoms with Crippen LogP contribution in [0.4, 0.5) is 4.79 Å². The summed E-state index contributed by atoms with van der Waals surface area (Å²) in [5.74, 6) is -1.96. The van der Waals surface area contributed by atoms with Gasteiger partial charge in [-0.3, -0.25) is 14.4 Å². The minimum absolute atomic E-state index is 0.0617. The van der Waals surface area contributed by atoms with E-state index < -0.39 is 47.9 Å². The zero-order chi connectivity index (χ0) is 25.9. The van der Waals surface area contributed by atoms with E-state index in [1.807, 2.05) is 13.8 Å². The van der Waals surface area contributed by atoms with Crippen LogP contribution in [-0.4, -0.2) is 58.6 Å². The number of nitrogens with two attached hydrogens (primary N) is 1. The van der Waals surface area contributed by atoms with Crippen molar-refractivity contribution in [1.82, 2.24) is 15.5 Å². The lowest BCUT2D eigenvalue weighted by Crippen LogP contribution is -2.54. The minimum Gasteiger partial charge on any atom is -0.508 e. The van der Waals surface area contributed by atoms with Gasteiger partial charge in [0.1, 0.15) is 23.4 Å². The van der Waals surface area contributed by atoms with Gasteiger partial charge in [-0.2, -0.15) is 0 Å². The molecule has 1 rings (SSSR count). The Morgan fingerprint density at radius 2 is 1.82 bits per heavy atom. The molecule has 0 saturated heterocycles. The van der Waals surface area contributed by atoms with Gasteiger partial charge in [0.15, 0.2) is 0 Å². The monoisotopic (exact) mass is 478 g/mol. The van der Waals surface area contributed by atoms with Crippen molar-refractivity contribution in [3.05, 3.63) is 29.8 Å². The molecule has 0 aliphatic rings. The van der Waals surface area contributed by atoms with Gasteiger partial charge in [-0.05, 0) is 51.3 Å². The molecule has 10 heteroatoms. The molecule has 0 aromatic heterocycles. The molecule has 0 aliphatic heterocycles. The number of ether oxygens (including phenoxy) is 1. The van der Waals surface area contributed by atoms with Gasteiger partial charge < -0.3 is 31.1 Å². The number of alkyl carbamates (subject to hydrolysis) is 1. The zero-order valence-electron chi connectivity index (χ0n) is 20.7. The smallest absolute Gasteiger partial charge is 0.408 e. The molecular weight excluding hydrogens is 440 g/mol. The van der Waals surface area contributed by atoms with Crippen LogP contribution in [0.15, 0.2) is 24.3 Å². The molecule has 190 valence electrons. The van der Waals surface area contributed by atoms with E-state index in [2.05, 4.69) is 10.6 Å². The van der Waals surface area contributed by atoms with E-state index in [0.717, 1.165) is 12.8 Å². The van der Waals surface area contributed by atoms with Crippen molar-refractivity contribution < 1.29 is 29.0 Å².